The highest BCUT2D eigenvalue weighted by atomic mass is 32.1. The maximum Gasteiger partial charge on any atom is 0.322 e. The Labute approximate surface area is 140 Å². The highest BCUT2D eigenvalue weighted by Gasteiger charge is 2.48. The topological polar surface area (TPSA) is 73.5 Å². The van der Waals surface area contributed by atoms with Crippen molar-refractivity contribution in [1.82, 2.24) is 15.5 Å². The number of carbonyl (C=O) groups is 2. The van der Waals surface area contributed by atoms with E-state index in [0.29, 0.717) is 31.0 Å². The first-order chi connectivity index (χ1) is 10.9. The third-order valence-corrected chi connectivity index (χ3v) is 5.13. The van der Waals surface area contributed by atoms with Crippen LogP contribution in [0.25, 0.3) is 0 Å². The van der Waals surface area contributed by atoms with Crippen LogP contribution in [0.5, 0.6) is 0 Å². The first-order valence-electron chi connectivity index (χ1n) is 7.67. The first kappa shape index (κ1) is 15.7. The Morgan fingerprint density at radius 1 is 1.26 bits per heavy atom. The quantitative estimate of drug-likeness (QED) is 0.539. The molecule has 3 amide bonds. The normalized spacial score (nSPS) is 19.5. The van der Waals surface area contributed by atoms with Gasteiger partial charge in [-0.25, -0.2) is 4.79 Å². The minimum atomic E-state index is -0.761. The van der Waals surface area contributed by atoms with Crippen LogP contribution >= 0.6 is 12.2 Å². The van der Waals surface area contributed by atoms with Crippen molar-refractivity contribution in [2.45, 2.75) is 32.2 Å². The van der Waals surface area contributed by atoms with Crippen molar-refractivity contribution in [2.24, 2.45) is 0 Å². The van der Waals surface area contributed by atoms with Crippen LogP contribution < -0.4 is 16.0 Å². The number of carbonyl (C=O) groups excluding carboxylic acids is 2. The lowest BCUT2D eigenvalue weighted by atomic mass is 9.88. The van der Waals surface area contributed by atoms with Crippen LogP contribution in [0, 0.1) is 13.8 Å². The zero-order valence-electron chi connectivity index (χ0n) is 13.2. The van der Waals surface area contributed by atoms with Gasteiger partial charge in [-0.3, -0.25) is 10.1 Å². The molecule has 3 N–H and O–H groups in total. The van der Waals surface area contributed by atoms with Crippen molar-refractivity contribution in [3.05, 3.63) is 29.3 Å². The summed E-state index contributed by atoms with van der Waals surface area (Å²) in [6, 6.07) is 5.66. The second-order valence-electron chi connectivity index (χ2n) is 6.16. The summed E-state index contributed by atoms with van der Waals surface area (Å²) in [4.78, 5) is 25.3. The molecular weight excluding hydrogens is 312 g/mol. The fraction of sp³-hybridized carbons (Fsp3) is 0.438. The number of benzene rings is 1. The summed E-state index contributed by atoms with van der Waals surface area (Å²) in [5.74, 6) is -0.226. The third-order valence-electron chi connectivity index (χ3n) is 4.76. The molecule has 0 radical (unpaired) electrons. The van der Waals surface area contributed by atoms with Crippen LogP contribution in [0.2, 0.25) is 0 Å². The van der Waals surface area contributed by atoms with Crippen LogP contribution in [0.15, 0.2) is 18.2 Å². The summed E-state index contributed by atoms with van der Waals surface area (Å²) in [5, 5.41) is 9.01. The van der Waals surface area contributed by atoms with E-state index in [4.69, 9.17) is 12.2 Å². The maximum atomic E-state index is 11.9. The molecule has 0 aliphatic carbocycles. The summed E-state index contributed by atoms with van der Waals surface area (Å²) in [5.41, 5.74) is 2.62. The predicted molar refractivity (Wildman–Crippen MR) is 92.3 cm³/mol. The number of aryl methyl sites for hydroxylation is 1. The van der Waals surface area contributed by atoms with E-state index in [2.05, 4.69) is 35.9 Å². The summed E-state index contributed by atoms with van der Waals surface area (Å²) in [6.07, 6.45) is 1.11. The summed E-state index contributed by atoms with van der Waals surface area (Å²) < 4.78 is 0. The van der Waals surface area contributed by atoms with Gasteiger partial charge in [0.2, 0.25) is 0 Å². The van der Waals surface area contributed by atoms with Crippen LogP contribution in [0.4, 0.5) is 10.5 Å². The average molecular weight is 332 g/mol. The summed E-state index contributed by atoms with van der Waals surface area (Å²) >= 11 is 5.50. The van der Waals surface area contributed by atoms with Gasteiger partial charge in [0.1, 0.15) is 5.54 Å². The smallest absolute Gasteiger partial charge is 0.322 e. The van der Waals surface area contributed by atoms with Crippen molar-refractivity contribution in [1.29, 1.82) is 0 Å². The second-order valence-corrected chi connectivity index (χ2v) is 6.54. The molecule has 2 heterocycles. The van der Waals surface area contributed by atoms with E-state index in [0.717, 1.165) is 5.69 Å². The number of piperidine rings is 1. The number of rotatable bonds is 1. The molecule has 7 heteroatoms. The highest BCUT2D eigenvalue weighted by molar-refractivity contribution is 7.80. The van der Waals surface area contributed by atoms with Crippen molar-refractivity contribution in [2.75, 3.05) is 18.4 Å². The minimum Gasteiger partial charge on any atom is -0.349 e. The van der Waals surface area contributed by atoms with E-state index in [9.17, 15) is 9.59 Å². The van der Waals surface area contributed by atoms with E-state index < -0.39 is 11.6 Å². The SMILES string of the molecule is Cc1cccc(NC(=S)N2CCC3(CC2)NC(=O)NC3=O)c1C. The Morgan fingerprint density at radius 3 is 2.57 bits per heavy atom. The van der Waals surface area contributed by atoms with Crippen LogP contribution in [-0.2, 0) is 4.79 Å². The molecular formula is C16H20N4O2S. The highest BCUT2D eigenvalue weighted by Crippen LogP contribution is 2.26. The minimum absolute atomic E-state index is 0.226. The Balaban J connectivity index is 1.64. The van der Waals surface area contributed by atoms with Crippen LogP contribution in [-0.4, -0.2) is 40.6 Å². The number of thiocarbonyl (C=S) groups is 1. The molecule has 3 rings (SSSR count). The Morgan fingerprint density at radius 2 is 1.96 bits per heavy atom. The molecule has 0 atom stereocenters. The molecule has 1 aromatic rings. The van der Waals surface area contributed by atoms with Gasteiger partial charge in [-0.1, -0.05) is 12.1 Å². The number of urea groups is 1. The molecule has 2 saturated heterocycles. The average Bonchev–Trinajstić information content (AvgIpc) is 2.78. The zero-order chi connectivity index (χ0) is 16.6. The maximum absolute atomic E-state index is 11.9. The van der Waals surface area contributed by atoms with Crippen LogP contribution in [0.3, 0.4) is 0 Å². The third kappa shape index (κ3) is 2.88. The number of amides is 3. The molecule has 122 valence electrons. The van der Waals surface area contributed by atoms with Gasteiger partial charge in [0.25, 0.3) is 5.91 Å². The van der Waals surface area contributed by atoms with Gasteiger partial charge in [0.05, 0.1) is 0 Å². The lowest BCUT2D eigenvalue weighted by molar-refractivity contribution is -0.125. The molecule has 6 nitrogen and oxygen atoms in total. The van der Waals surface area contributed by atoms with Gasteiger partial charge in [0.15, 0.2) is 5.11 Å². The molecule has 1 spiro atoms. The number of hydrogen-bond donors (Lipinski definition) is 3. The van der Waals surface area contributed by atoms with Crippen molar-refractivity contribution in [3.8, 4) is 0 Å². The largest absolute Gasteiger partial charge is 0.349 e. The van der Waals surface area contributed by atoms with Crippen molar-refractivity contribution < 1.29 is 9.59 Å². The van der Waals surface area contributed by atoms with Gasteiger partial charge in [-0.05, 0) is 56.1 Å². The van der Waals surface area contributed by atoms with Gasteiger partial charge < -0.3 is 15.5 Å². The molecule has 1 aromatic carbocycles. The van der Waals surface area contributed by atoms with E-state index in [1.54, 1.807) is 0 Å². The van der Waals surface area contributed by atoms with E-state index in [-0.39, 0.29) is 5.91 Å². The first-order valence-corrected chi connectivity index (χ1v) is 8.08. The van der Waals surface area contributed by atoms with Gasteiger partial charge >= 0.3 is 6.03 Å². The molecule has 0 bridgehead atoms. The van der Waals surface area contributed by atoms with Gasteiger partial charge in [0, 0.05) is 18.8 Å². The zero-order valence-corrected chi connectivity index (χ0v) is 14.0. The van der Waals surface area contributed by atoms with Gasteiger partial charge in [-0.2, -0.15) is 0 Å². The standard InChI is InChI=1S/C16H20N4O2S/c1-10-4-3-5-12(11(10)2)17-15(23)20-8-6-16(7-9-20)13(21)18-14(22)19-16/h3-5H,6-9H2,1-2H3,(H,17,23)(H2,18,19,21,22). The number of likely N-dealkylation sites (tertiary alicyclic amines) is 1. The molecule has 2 aliphatic heterocycles. The van der Waals surface area contributed by atoms with Crippen molar-refractivity contribution in [3.63, 3.8) is 0 Å². The Hall–Kier alpha value is -2.15. The van der Waals surface area contributed by atoms with Gasteiger partial charge in [-0.15, -0.1) is 0 Å². The predicted octanol–water partition coefficient (Wildman–Crippen LogP) is 1.67. The molecule has 0 unspecified atom stereocenters. The van der Waals surface area contributed by atoms with Crippen molar-refractivity contribution >= 4 is 35.0 Å². The Kier molecular flexibility index (Phi) is 3.97. The number of anilines is 1. The second kappa shape index (κ2) is 5.81. The summed E-state index contributed by atoms with van der Waals surface area (Å²) in [7, 11) is 0. The number of nitrogens with zero attached hydrogens (tertiary/aromatic N) is 1. The van der Waals surface area contributed by atoms with Crippen LogP contribution in [0.1, 0.15) is 24.0 Å². The molecule has 2 fully saturated rings. The fourth-order valence-electron chi connectivity index (χ4n) is 3.05. The number of nitrogens with one attached hydrogen (secondary N) is 3. The number of hydrogen-bond acceptors (Lipinski definition) is 3. The number of imide groups is 1. The van der Waals surface area contributed by atoms with E-state index in [1.165, 1.54) is 11.1 Å². The molecule has 0 aromatic heterocycles. The van der Waals surface area contributed by atoms with E-state index in [1.807, 2.05) is 17.0 Å². The summed E-state index contributed by atoms with van der Waals surface area (Å²) in [6.45, 7) is 5.38. The molecule has 23 heavy (non-hydrogen) atoms. The lowest BCUT2D eigenvalue weighted by Gasteiger charge is -2.38. The van der Waals surface area contributed by atoms with E-state index >= 15 is 0 Å². The lowest BCUT2D eigenvalue weighted by Crippen LogP contribution is -2.56. The molecule has 0 saturated carbocycles. The molecule has 2 aliphatic rings. The fourth-order valence-corrected chi connectivity index (χ4v) is 3.34. The monoisotopic (exact) mass is 332 g/mol. The Bertz CT molecular complexity index is 681.